The molecule has 2 aromatic heterocycles. The Balaban J connectivity index is 1.48. The van der Waals surface area contributed by atoms with Gasteiger partial charge in [0, 0.05) is 18.9 Å². The molecule has 0 aliphatic carbocycles. The van der Waals surface area contributed by atoms with Gasteiger partial charge in [-0.2, -0.15) is 0 Å². The number of nitrogens with zero attached hydrogens (tertiary/aromatic N) is 2. The number of piperidine rings is 1. The number of rotatable bonds is 5. The first-order chi connectivity index (χ1) is 9.43. The van der Waals surface area contributed by atoms with E-state index in [2.05, 4.69) is 21.7 Å². The van der Waals surface area contributed by atoms with Crippen LogP contribution in [0.25, 0.3) is 5.65 Å². The fourth-order valence-electron chi connectivity index (χ4n) is 2.46. The second kappa shape index (κ2) is 6.04. The highest BCUT2D eigenvalue weighted by molar-refractivity contribution is 5.49. The van der Waals surface area contributed by atoms with Crippen molar-refractivity contribution < 1.29 is 4.74 Å². The summed E-state index contributed by atoms with van der Waals surface area (Å²) < 4.78 is 7.92. The molecule has 0 atom stereocenters. The highest BCUT2D eigenvalue weighted by atomic mass is 16.5. The van der Waals surface area contributed by atoms with Crippen LogP contribution in [0.2, 0.25) is 0 Å². The predicted molar refractivity (Wildman–Crippen MR) is 75.5 cm³/mol. The van der Waals surface area contributed by atoms with Crippen molar-refractivity contribution in [3.05, 3.63) is 30.6 Å². The largest absolute Gasteiger partial charge is 0.376 e. The van der Waals surface area contributed by atoms with Crippen molar-refractivity contribution in [2.24, 2.45) is 0 Å². The van der Waals surface area contributed by atoms with Gasteiger partial charge in [-0.1, -0.05) is 6.07 Å². The molecule has 0 aromatic carbocycles. The maximum absolute atomic E-state index is 5.87. The number of hydrogen-bond acceptors (Lipinski definition) is 4. The molecule has 1 aliphatic rings. The number of aromatic nitrogens is 2. The van der Waals surface area contributed by atoms with E-state index in [-0.39, 0.29) is 0 Å². The molecule has 1 saturated heterocycles. The third-order valence-electron chi connectivity index (χ3n) is 3.48. The summed E-state index contributed by atoms with van der Waals surface area (Å²) in [6, 6.07) is 6.06. The average Bonchev–Trinajstić information content (AvgIpc) is 2.94. The first-order valence-corrected chi connectivity index (χ1v) is 6.92. The lowest BCUT2D eigenvalue weighted by molar-refractivity contribution is 0.0394. The number of nitrogens with one attached hydrogen (secondary N) is 2. The molecule has 0 unspecified atom stereocenters. The maximum atomic E-state index is 5.87. The fraction of sp³-hybridized carbons (Fsp3) is 0.500. The van der Waals surface area contributed by atoms with Crippen molar-refractivity contribution >= 4 is 11.5 Å². The molecule has 1 fully saturated rings. The van der Waals surface area contributed by atoms with Crippen LogP contribution in [0.3, 0.4) is 0 Å². The van der Waals surface area contributed by atoms with Crippen LogP contribution >= 0.6 is 0 Å². The summed E-state index contributed by atoms with van der Waals surface area (Å²) in [5, 5.41) is 6.74. The summed E-state index contributed by atoms with van der Waals surface area (Å²) in [6.07, 6.45) is 6.44. The Morgan fingerprint density at radius 3 is 3.16 bits per heavy atom. The van der Waals surface area contributed by atoms with E-state index in [1.54, 1.807) is 0 Å². The van der Waals surface area contributed by atoms with Crippen LogP contribution in [0.4, 0.5) is 5.82 Å². The van der Waals surface area contributed by atoms with Crippen LogP contribution in [0, 0.1) is 0 Å². The first kappa shape index (κ1) is 12.4. The van der Waals surface area contributed by atoms with Gasteiger partial charge in [0.25, 0.3) is 0 Å². The third kappa shape index (κ3) is 3.05. The molecule has 1 aliphatic heterocycles. The van der Waals surface area contributed by atoms with E-state index in [1.807, 2.05) is 28.9 Å². The second-order valence-corrected chi connectivity index (χ2v) is 4.81. The van der Waals surface area contributed by atoms with Crippen molar-refractivity contribution in [1.82, 2.24) is 14.7 Å². The van der Waals surface area contributed by atoms with Gasteiger partial charge in [-0.3, -0.25) is 4.40 Å². The van der Waals surface area contributed by atoms with E-state index < -0.39 is 0 Å². The first-order valence-electron chi connectivity index (χ1n) is 6.92. The van der Waals surface area contributed by atoms with Gasteiger partial charge in [0.05, 0.1) is 12.7 Å². The minimum Gasteiger partial charge on any atom is -0.376 e. The number of fused-ring (bicyclic) bond motifs is 1. The minimum absolute atomic E-state index is 0.423. The fourth-order valence-corrected chi connectivity index (χ4v) is 2.46. The van der Waals surface area contributed by atoms with Gasteiger partial charge in [0.2, 0.25) is 0 Å². The molecule has 0 bridgehead atoms. The molecule has 0 saturated carbocycles. The number of pyridine rings is 1. The van der Waals surface area contributed by atoms with E-state index in [0.29, 0.717) is 6.10 Å². The van der Waals surface area contributed by atoms with Gasteiger partial charge in [0.1, 0.15) is 11.5 Å². The summed E-state index contributed by atoms with van der Waals surface area (Å²) in [5.74, 6) is 1.06. The molecule has 2 aromatic rings. The summed E-state index contributed by atoms with van der Waals surface area (Å²) in [6.45, 7) is 3.72. The lowest BCUT2D eigenvalue weighted by atomic mass is 10.1. The average molecular weight is 260 g/mol. The van der Waals surface area contributed by atoms with Crippen LogP contribution in [0.1, 0.15) is 12.8 Å². The van der Waals surface area contributed by atoms with Crippen LogP contribution < -0.4 is 10.6 Å². The topological polar surface area (TPSA) is 50.6 Å². The molecule has 5 heteroatoms. The van der Waals surface area contributed by atoms with Crippen LogP contribution in [-0.4, -0.2) is 41.7 Å². The second-order valence-electron chi connectivity index (χ2n) is 4.81. The Kier molecular flexibility index (Phi) is 3.95. The molecule has 3 rings (SSSR count). The zero-order valence-corrected chi connectivity index (χ0v) is 11.0. The van der Waals surface area contributed by atoms with Gasteiger partial charge in [0.15, 0.2) is 0 Å². The van der Waals surface area contributed by atoms with Gasteiger partial charge >= 0.3 is 0 Å². The SMILES string of the molecule is c1cc(NCCOC2CCNCC2)n2ccnc2c1. The molecule has 0 spiro atoms. The van der Waals surface area contributed by atoms with E-state index in [0.717, 1.165) is 50.5 Å². The van der Waals surface area contributed by atoms with Crippen molar-refractivity contribution in [3.8, 4) is 0 Å². The molecule has 0 radical (unpaired) electrons. The van der Waals surface area contributed by atoms with Crippen LogP contribution in [-0.2, 0) is 4.74 Å². The Bertz CT molecular complexity index is 519. The maximum Gasteiger partial charge on any atom is 0.138 e. The monoisotopic (exact) mass is 260 g/mol. The summed E-state index contributed by atoms with van der Waals surface area (Å²) >= 11 is 0. The van der Waals surface area contributed by atoms with Crippen molar-refractivity contribution in [3.63, 3.8) is 0 Å². The zero-order chi connectivity index (χ0) is 12.9. The Morgan fingerprint density at radius 2 is 2.26 bits per heavy atom. The predicted octanol–water partition coefficient (Wildman–Crippen LogP) is 1.51. The van der Waals surface area contributed by atoms with Gasteiger partial charge in [-0.25, -0.2) is 4.98 Å². The van der Waals surface area contributed by atoms with E-state index in [4.69, 9.17) is 4.74 Å². The van der Waals surface area contributed by atoms with Gasteiger partial charge in [-0.15, -0.1) is 0 Å². The molecule has 102 valence electrons. The minimum atomic E-state index is 0.423. The quantitative estimate of drug-likeness (QED) is 0.800. The number of hydrogen-bond donors (Lipinski definition) is 2. The summed E-state index contributed by atoms with van der Waals surface area (Å²) in [5.41, 5.74) is 0.962. The molecule has 19 heavy (non-hydrogen) atoms. The van der Waals surface area contributed by atoms with E-state index >= 15 is 0 Å². The number of imidazole rings is 1. The smallest absolute Gasteiger partial charge is 0.138 e. The van der Waals surface area contributed by atoms with Gasteiger partial charge < -0.3 is 15.4 Å². The highest BCUT2D eigenvalue weighted by Crippen LogP contribution is 2.11. The van der Waals surface area contributed by atoms with Crippen molar-refractivity contribution in [2.45, 2.75) is 18.9 Å². The molecule has 5 nitrogen and oxygen atoms in total. The van der Waals surface area contributed by atoms with Crippen molar-refractivity contribution in [1.29, 1.82) is 0 Å². The number of anilines is 1. The van der Waals surface area contributed by atoms with Crippen LogP contribution in [0.5, 0.6) is 0 Å². The molecule has 3 heterocycles. The lowest BCUT2D eigenvalue weighted by Crippen LogP contribution is -2.33. The Hall–Kier alpha value is -1.59. The normalized spacial score (nSPS) is 16.8. The molecular weight excluding hydrogens is 240 g/mol. The summed E-state index contributed by atoms with van der Waals surface area (Å²) in [7, 11) is 0. The number of ether oxygens (including phenoxy) is 1. The lowest BCUT2D eigenvalue weighted by Gasteiger charge is -2.23. The molecule has 0 amide bonds. The van der Waals surface area contributed by atoms with Crippen LogP contribution in [0.15, 0.2) is 30.6 Å². The molecule has 2 N–H and O–H groups in total. The highest BCUT2D eigenvalue weighted by Gasteiger charge is 2.12. The zero-order valence-electron chi connectivity index (χ0n) is 11.0. The standard InChI is InChI=1S/C14H20N4O/c1-2-13-16-8-10-18(13)14(3-1)17-9-11-19-12-4-6-15-7-5-12/h1-3,8,10,12,15,17H,4-7,9,11H2. The van der Waals surface area contributed by atoms with Gasteiger partial charge in [-0.05, 0) is 38.1 Å². The van der Waals surface area contributed by atoms with E-state index in [9.17, 15) is 0 Å². The third-order valence-corrected chi connectivity index (χ3v) is 3.48. The molecular formula is C14H20N4O. The Labute approximate surface area is 113 Å². The van der Waals surface area contributed by atoms with Crippen molar-refractivity contribution in [2.75, 3.05) is 31.6 Å². The Morgan fingerprint density at radius 1 is 1.37 bits per heavy atom. The van der Waals surface area contributed by atoms with E-state index in [1.165, 1.54) is 0 Å². The summed E-state index contributed by atoms with van der Waals surface area (Å²) in [4.78, 5) is 4.27.